The van der Waals surface area contributed by atoms with Crippen LogP contribution in [-0.4, -0.2) is 36.7 Å². The number of fused-ring (bicyclic) bond motifs is 1. The third-order valence-electron chi connectivity index (χ3n) is 5.95. The molecule has 5 nitrogen and oxygen atoms in total. The van der Waals surface area contributed by atoms with Gasteiger partial charge in [-0.3, -0.25) is 14.0 Å². The zero-order valence-electron chi connectivity index (χ0n) is 17.8. The Balaban J connectivity index is 1.63. The normalized spacial score (nSPS) is 20.3. The SMILES string of the molecule is CC1(NC(=O)c2cnc3c(-c4ccccc4Cl)cn(-c4ccc(F)cc4)c3c2)CCS(=O)C1. The fraction of sp³-hybridized carbons (Fsp3) is 0.200. The van der Waals surface area contributed by atoms with E-state index in [0.29, 0.717) is 39.5 Å². The van der Waals surface area contributed by atoms with Crippen LogP contribution in [0.15, 0.2) is 67.0 Å². The van der Waals surface area contributed by atoms with Crippen molar-refractivity contribution in [2.75, 3.05) is 11.5 Å². The topological polar surface area (TPSA) is 64.0 Å². The van der Waals surface area contributed by atoms with Gasteiger partial charge in [0.2, 0.25) is 0 Å². The van der Waals surface area contributed by atoms with Crippen LogP contribution in [0.4, 0.5) is 4.39 Å². The molecule has 0 bridgehead atoms. The molecule has 0 saturated carbocycles. The highest BCUT2D eigenvalue weighted by molar-refractivity contribution is 7.85. The van der Waals surface area contributed by atoms with Crippen molar-refractivity contribution in [3.05, 3.63) is 83.4 Å². The Hall–Kier alpha value is -3.03. The molecule has 5 rings (SSSR count). The van der Waals surface area contributed by atoms with Gasteiger partial charge < -0.3 is 9.88 Å². The van der Waals surface area contributed by atoms with Gasteiger partial charge in [-0.05, 0) is 49.7 Å². The molecule has 1 aliphatic rings. The van der Waals surface area contributed by atoms with Gasteiger partial charge in [0.05, 0.1) is 16.6 Å². The van der Waals surface area contributed by atoms with Gasteiger partial charge in [0.25, 0.3) is 5.91 Å². The van der Waals surface area contributed by atoms with Crippen molar-refractivity contribution in [2.24, 2.45) is 0 Å². The molecular formula is C25H21ClFN3O2S. The van der Waals surface area contributed by atoms with Crippen molar-refractivity contribution in [1.82, 2.24) is 14.9 Å². The summed E-state index contributed by atoms with van der Waals surface area (Å²) in [4.78, 5) is 17.7. The molecule has 1 saturated heterocycles. The largest absolute Gasteiger partial charge is 0.346 e. The predicted molar refractivity (Wildman–Crippen MR) is 130 cm³/mol. The summed E-state index contributed by atoms with van der Waals surface area (Å²) in [5.74, 6) is 0.429. The highest BCUT2D eigenvalue weighted by Gasteiger charge is 2.35. The van der Waals surface area contributed by atoms with Crippen LogP contribution in [0, 0.1) is 5.82 Å². The Labute approximate surface area is 198 Å². The van der Waals surface area contributed by atoms with Crippen LogP contribution < -0.4 is 5.32 Å². The van der Waals surface area contributed by atoms with Crippen molar-refractivity contribution in [1.29, 1.82) is 0 Å². The molecule has 1 fully saturated rings. The molecule has 0 spiro atoms. The fourth-order valence-corrected chi connectivity index (χ4v) is 6.19. The van der Waals surface area contributed by atoms with Crippen molar-refractivity contribution in [3.63, 3.8) is 0 Å². The molecule has 2 aromatic heterocycles. The lowest BCUT2D eigenvalue weighted by molar-refractivity contribution is 0.0915. The highest BCUT2D eigenvalue weighted by atomic mass is 35.5. The van der Waals surface area contributed by atoms with Crippen LogP contribution in [0.1, 0.15) is 23.7 Å². The maximum atomic E-state index is 13.6. The first-order valence-corrected chi connectivity index (χ1v) is 12.4. The lowest BCUT2D eigenvalue weighted by Gasteiger charge is -2.24. The number of benzene rings is 2. The van der Waals surface area contributed by atoms with Gasteiger partial charge in [-0.25, -0.2) is 4.39 Å². The Kier molecular flexibility index (Phi) is 5.54. The molecule has 1 N–H and O–H groups in total. The summed E-state index contributed by atoms with van der Waals surface area (Å²) in [6.07, 6.45) is 4.11. The number of hydrogen-bond acceptors (Lipinski definition) is 3. The van der Waals surface area contributed by atoms with Gasteiger partial charge in [0.1, 0.15) is 5.82 Å². The van der Waals surface area contributed by atoms with Crippen molar-refractivity contribution >= 4 is 39.3 Å². The van der Waals surface area contributed by atoms with Crippen LogP contribution in [0.3, 0.4) is 0 Å². The molecule has 4 aromatic rings. The van der Waals surface area contributed by atoms with E-state index in [1.54, 1.807) is 24.4 Å². The van der Waals surface area contributed by atoms with Crippen LogP contribution in [0.2, 0.25) is 5.02 Å². The summed E-state index contributed by atoms with van der Waals surface area (Å²) in [5.41, 5.74) is 3.63. The molecule has 8 heteroatoms. The number of amides is 1. The smallest absolute Gasteiger partial charge is 0.253 e. The van der Waals surface area contributed by atoms with Crippen LogP contribution >= 0.6 is 11.6 Å². The van der Waals surface area contributed by atoms with E-state index in [-0.39, 0.29) is 11.7 Å². The average Bonchev–Trinajstić information content (AvgIpc) is 3.34. The monoisotopic (exact) mass is 481 g/mol. The molecule has 0 radical (unpaired) electrons. The first-order valence-electron chi connectivity index (χ1n) is 10.5. The molecule has 33 heavy (non-hydrogen) atoms. The van der Waals surface area contributed by atoms with Gasteiger partial charge in [0.15, 0.2) is 0 Å². The molecule has 3 heterocycles. The summed E-state index contributed by atoms with van der Waals surface area (Å²) >= 11 is 6.46. The Morgan fingerprint density at radius 3 is 2.64 bits per heavy atom. The Morgan fingerprint density at radius 2 is 1.94 bits per heavy atom. The summed E-state index contributed by atoms with van der Waals surface area (Å²) in [5, 5.41) is 3.61. The molecular weight excluding hydrogens is 461 g/mol. The predicted octanol–water partition coefficient (Wildman–Crippen LogP) is 5.13. The number of nitrogens with zero attached hydrogens (tertiary/aromatic N) is 2. The molecule has 0 aliphatic carbocycles. The summed E-state index contributed by atoms with van der Waals surface area (Å²) in [6.45, 7) is 1.92. The molecule has 2 aromatic carbocycles. The van der Waals surface area contributed by atoms with Gasteiger partial charge >= 0.3 is 0 Å². The number of carbonyl (C=O) groups is 1. The van der Waals surface area contributed by atoms with E-state index < -0.39 is 16.3 Å². The van der Waals surface area contributed by atoms with Crippen molar-refractivity contribution in [3.8, 4) is 16.8 Å². The number of rotatable bonds is 4. The second-order valence-corrected chi connectivity index (χ2v) is 10.5. The average molecular weight is 482 g/mol. The number of pyridine rings is 1. The minimum absolute atomic E-state index is 0.267. The number of nitrogens with one attached hydrogen (secondary N) is 1. The minimum Gasteiger partial charge on any atom is -0.346 e. The van der Waals surface area contributed by atoms with Gasteiger partial charge in [0, 0.05) is 62.1 Å². The van der Waals surface area contributed by atoms with Crippen LogP contribution in [0.25, 0.3) is 27.8 Å². The van der Waals surface area contributed by atoms with E-state index >= 15 is 0 Å². The lowest BCUT2D eigenvalue weighted by atomic mass is 10.0. The van der Waals surface area contributed by atoms with E-state index in [2.05, 4.69) is 10.3 Å². The summed E-state index contributed by atoms with van der Waals surface area (Å²) in [6, 6.07) is 15.4. The fourth-order valence-electron chi connectivity index (χ4n) is 4.20. The van der Waals surface area contributed by atoms with Gasteiger partial charge in [-0.1, -0.05) is 29.8 Å². The zero-order chi connectivity index (χ0) is 23.2. The number of aromatic nitrogens is 2. The van der Waals surface area contributed by atoms with E-state index in [9.17, 15) is 13.4 Å². The third kappa shape index (κ3) is 4.18. The number of halogens is 2. The summed E-state index contributed by atoms with van der Waals surface area (Å²) in [7, 11) is -0.916. The zero-order valence-corrected chi connectivity index (χ0v) is 19.4. The molecule has 2 unspecified atom stereocenters. The minimum atomic E-state index is -0.916. The summed E-state index contributed by atoms with van der Waals surface area (Å²) < 4.78 is 27.3. The van der Waals surface area contributed by atoms with Gasteiger partial charge in [-0.2, -0.15) is 0 Å². The standard InChI is InChI=1S/C25H21ClFN3O2S/c1-25(10-11-33(32)15-25)29-24(31)16-12-22-23(28-13-16)20(19-4-2-3-5-21(19)26)14-30(22)18-8-6-17(27)7-9-18/h2-9,12-14H,10-11,15H2,1H3,(H,29,31). The lowest BCUT2D eigenvalue weighted by Crippen LogP contribution is -2.46. The second-order valence-electron chi connectivity index (χ2n) is 8.51. The third-order valence-corrected chi connectivity index (χ3v) is 7.90. The number of hydrogen-bond donors (Lipinski definition) is 1. The molecule has 1 amide bonds. The quantitative estimate of drug-likeness (QED) is 0.439. The first-order chi connectivity index (χ1) is 15.8. The van der Waals surface area contributed by atoms with Gasteiger partial charge in [-0.15, -0.1) is 0 Å². The van der Waals surface area contributed by atoms with Crippen molar-refractivity contribution in [2.45, 2.75) is 18.9 Å². The van der Waals surface area contributed by atoms with E-state index in [0.717, 1.165) is 16.8 Å². The van der Waals surface area contributed by atoms with Crippen molar-refractivity contribution < 1.29 is 13.4 Å². The Morgan fingerprint density at radius 1 is 1.18 bits per heavy atom. The maximum Gasteiger partial charge on any atom is 0.253 e. The van der Waals surface area contributed by atoms with Crippen LogP contribution in [-0.2, 0) is 10.8 Å². The van der Waals surface area contributed by atoms with E-state index in [1.807, 2.05) is 42.0 Å². The highest BCUT2D eigenvalue weighted by Crippen LogP contribution is 2.35. The molecule has 2 atom stereocenters. The van der Waals surface area contributed by atoms with Crippen LogP contribution in [0.5, 0.6) is 0 Å². The molecule has 1 aliphatic heterocycles. The maximum absolute atomic E-state index is 13.6. The molecule has 168 valence electrons. The number of carbonyl (C=O) groups excluding carboxylic acids is 1. The van der Waals surface area contributed by atoms with E-state index in [4.69, 9.17) is 11.6 Å². The van der Waals surface area contributed by atoms with E-state index in [1.165, 1.54) is 12.1 Å². The second kappa shape index (κ2) is 8.39. The first kappa shape index (κ1) is 21.8. The Bertz CT molecular complexity index is 1400.